The van der Waals surface area contributed by atoms with Crippen molar-refractivity contribution in [3.05, 3.63) is 29.3 Å². The van der Waals surface area contributed by atoms with Crippen LogP contribution < -0.4 is 5.32 Å². The first kappa shape index (κ1) is 14.5. The highest BCUT2D eigenvalue weighted by Crippen LogP contribution is 2.16. The van der Waals surface area contributed by atoms with Gasteiger partial charge in [0, 0.05) is 19.3 Å². The van der Waals surface area contributed by atoms with Crippen LogP contribution in [0.15, 0.2) is 18.2 Å². The number of amides is 2. The Morgan fingerprint density at radius 3 is 2.72 bits per heavy atom. The highest BCUT2D eigenvalue weighted by molar-refractivity contribution is 5.90. The summed E-state index contributed by atoms with van der Waals surface area (Å²) >= 11 is 0. The molecule has 18 heavy (non-hydrogen) atoms. The Hall–Kier alpha value is -1.55. The molecule has 0 aliphatic rings. The van der Waals surface area contributed by atoms with Crippen molar-refractivity contribution >= 4 is 11.7 Å². The third-order valence-corrected chi connectivity index (χ3v) is 2.86. The van der Waals surface area contributed by atoms with Crippen LogP contribution in [0.4, 0.5) is 10.5 Å². The average molecular weight is 250 g/mol. The van der Waals surface area contributed by atoms with Crippen molar-refractivity contribution in [2.75, 3.05) is 18.9 Å². The zero-order valence-electron chi connectivity index (χ0n) is 11.5. The first-order valence-corrected chi connectivity index (χ1v) is 6.17. The number of carbonyl (C=O) groups excluding carboxylic acids is 1. The molecular weight excluding hydrogens is 228 g/mol. The smallest absolute Gasteiger partial charge is 0.321 e. The van der Waals surface area contributed by atoms with Crippen LogP contribution in [0.2, 0.25) is 0 Å². The van der Waals surface area contributed by atoms with Gasteiger partial charge in [0.25, 0.3) is 0 Å². The SMILES string of the molecule is Cc1ccc(C)c(NC(=O)N(C)CCC(C)O)c1. The molecule has 2 amide bonds. The number of carbonyl (C=O) groups is 1. The molecule has 100 valence electrons. The zero-order valence-corrected chi connectivity index (χ0v) is 11.5. The average Bonchev–Trinajstić information content (AvgIpc) is 2.30. The number of benzene rings is 1. The van der Waals surface area contributed by atoms with Gasteiger partial charge < -0.3 is 15.3 Å². The molecule has 1 aromatic carbocycles. The fourth-order valence-corrected chi connectivity index (χ4v) is 1.56. The molecule has 4 nitrogen and oxygen atoms in total. The topological polar surface area (TPSA) is 52.6 Å². The van der Waals surface area contributed by atoms with Gasteiger partial charge in [-0.3, -0.25) is 0 Å². The Kier molecular flexibility index (Phi) is 5.16. The minimum absolute atomic E-state index is 0.149. The molecule has 0 aliphatic heterocycles. The Morgan fingerprint density at radius 2 is 2.11 bits per heavy atom. The van der Waals surface area contributed by atoms with Gasteiger partial charge in [-0.05, 0) is 44.4 Å². The van der Waals surface area contributed by atoms with Gasteiger partial charge in [0.2, 0.25) is 0 Å². The van der Waals surface area contributed by atoms with Gasteiger partial charge in [0.1, 0.15) is 0 Å². The van der Waals surface area contributed by atoms with Gasteiger partial charge in [-0.25, -0.2) is 4.79 Å². The molecule has 1 rings (SSSR count). The molecule has 1 atom stereocenters. The Bertz CT molecular complexity index is 416. The van der Waals surface area contributed by atoms with E-state index in [9.17, 15) is 9.90 Å². The quantitative estimate of drug-likeness (QED) is 0.862. The second kappa shape index (κ2) is 6.40. The molecule has 0 saturated carbocycles. The van der Waals surface area contributed by atoms with Crippen molar-refractivity contribution < 1.29 is 9.90 Å². The van der Waals surface area contributed by atoms with E-state index in [1.807, 2.05) is 32.0 Å². The molecule has 0 saturated heterocycles. The summed E-state index contributed by atoms with van der Waals surface area (Å²) in [6, 6.07) is 5.81. The van der Waals surface area contributed by atoms with E-state index in [4.69, 9.17) is 0 Å². The summed E-state index contributed by atoms with van der Waals surface area (Å²) in [5.41, 5.74) is 2.99. The second-order valence-electron chi connectivity index (χ2n) is 4.81. The monoisotopic (exact) mass is 250 g/mol. The summed E-state index contributed by atoms with van der Waals surface area (Å²) in [5, 5.41) is 12.1. The van der Waals surface area contributed by atoms with E-state index in [0.29, 0.717) is 13.0 Å². The van der Waals surface area contributed by atoms with Gasteiger partial charge >= 0.3 is 6.03 Å². The van der Waals surface area contributed by atoms with Gasteiger partial charge in [-0.2, -0.15) is 0 Å². The summed E-state index contributed by atoms with van der Waals surface area (Å²) in [6.45, 7) is 6.21. The number of urea groups is 1. The molecule has 0 radical (unpaired) electrons. The fourth-order valence-electron chi connectivity index (χ4n) is 1.56. The van der Waals surface area contributed by atoms with E-state index < -0.39 is 0 Å². The number of aliphatic hydroxyl groups is 1. The third-order valence-electron chi connectivity index (χ3n) is 2.86. The van der Waals surface area contributed by atoms with E-state index in [1.165, 1.54) is 0 Å². The van der Waals surface area contributed by atoms with Crippen LogP contribution in [0.3, 0.4) is 0 Å². The van der Waals surface area contributed by atoms with Gasteiger partial charge in [-0.1, -0.05) is 12.1 Å². The van der Waals surface area contributed by atoms with Crippen LogP contribution in [0, 0.1) is 13.8 Å². The van der Waals surface area contributed by atoms with E-state index in [2.05, 4.69) is 5.32 Å². The van der Waals surface area contributed by atoms with E-state index in [1.54, 1.807) is 18.9 Å². The predicted molar refractivity (Wildman–Crippen MR) is 73.9 cm³/mol. The lowest BCUT2D eigenvalue weighted by Crippen LogP contribution is -2.33. The molecule has 1 unspecified atom stereocenters. The van der Waals surface area contributed by atoms with Gasteiger partial charge in [0.05, 0.1) is 6.10 Å². The highest BCUT2D eigenvalue weighted by Gasteiger charge is 2.10. The molecule has 0 heterocycles. The minimum atomic E-state index is -0.388. The number of hydrogen-bond donors (Lipinski definition) is 2. The molecule has 1 aromatic rings. The molecule has 4 heteroatoms. The van der Waals surface area contributed by atoms with E-state index >= 15 is 0 Å². The maximum atomic E-state index is 11.9. The summed E-state index contributed by atoms with van der Waals surface area (Å²) in [7, 11) is 1.73. The van der Waals surface area contributed by atoms with Crippen molar-refractivity contribution in [2.24, 2.45) is 0 Å². The minimum Gasteiger partial charge on any atom is -0.393 e. The van der Waals surface area contributed by atoms with Crippen LogP contribution in [-0.2, 0) is 0 Å². The van der Waals surface area contributed by atoms with Crippen LogP contribution in [0.5, 0.6) is 0 Å². The lowest BCUT2D eigenvalue weighted by Gasteiger charge is -2.19. The summed E-state index contributed by atoms with van der Waals surface area (Å²) in [4.78, 5) is 13.5. The van der Waals surface area contributed by atoms with Crippen molar-refractivity contribution in [3.63, 3.8) is 0 Å². The summed E-state index contributed by atoms with van der Waals surface area (Å²) in [6.07, 6.45) is 0.192. The number of nitrogens with zero attached hydrogens (tertiary/aromatic N) is 1. The predicted octanol–water partition coefficient (Wildman–Crippen LogP) is 2.54. The maximum absolute atomic E-state index is 11.9. The van der Waals surface area contributed by atoms with Crippen LogP contribution in [0.1, 0.15) is 24.5 Å². The number of nitrogens with one attached hydrogen (secondary N) is 1. The highest BCUT2D eigenvalue weighted by atomic mass is 16.3. The van der Waals surface area contributed by atoms with Crippen molar-refractivity contribution in [1.82, 2.24) is 4.90 Å². The molecule has 0 aliphatic carbocycles. The maximum Gasteiger partial charge on any atom is 0.321 e. The number of anilines is 1. The number of aryl methyl sites for hydroxylation is 2. The van der Waals surface area contributed by atoms with Gasteiger partial charge in [-0.15, -0.1) is 0 Å². The van der Waals surface area contributed by atoms with E-state index in [-0.39, 0.29) is 12.1 Å². The van der Waals surface area contributed by atoms with Gasteiger partial charge in [0.15, 0.2) is 0 Å². The molecule has 0 aromatic heterocycles. The molecule has 2 N–H and O–H groups in total. The van der Waals surface area contributed by atoms with Crippen molar-refractivity contribution in [2.45, 2.75) is 33.3 Å². The summed E-state index contributed by atoms with van der Waals surface area (Å²) in [5.74, 6) is 0. The largest absolute Gasteiger partial charge is 0.393 e. The van der Waals surface area contributed by atoms with Crippen LogP contribution >= 0.6 is 0 Å². The lowest BCUT2D eigenvalue weighted by molar-refractivity contribution is 0.167. The molecule has 0 bridgehead atoms. The molecular formula is C14H22N2O2. The number of hydrogen-bond acceptors (Lipinski definition) is 2. The number of aliphatic hydroxyl groups excluding tert-OH is 1. The summed E-state index contributed by atoms with van der Waals surface area (Å²) < 4.78 is 0. The lowest BCUT2D eigenvalue weighted by atomic mass is 10.1. The number of rotatable bonds is 4. The third kappa shape index (κ3) is 4.37. The standard InChI is InChI=1S/C14H22N2O2/c1-10-5-6-11(2)13(9-10)15-14(18)16(4)8-7-12(3)17/h5-6,9,12,17H,7-8H2,1-4H3,(H,15,18). The first-order valence-electron chi connectivity index (χ1n) is 6.17. The van der Waals surface area contributed by atoms with Crippen molar-refractivity contribution in [3.8, 4) is 0 Å². The molecule has 0 fully saturated rings. The molecule has 0 spiro atoms. The second-order valence-corrected chi connectivity index (χ2v) is 4.81. The fraction of sp³-hybridized carbons (Fsp3) is 0.500. The van der Waals surface area contributed by atoms with Crippen LogP contribution in [-0.4, -0.2) is 35.7 Å². The Balaban J connectivity index is 2.61. The normalized spacial score (nSPS) is 12.1. The Morgan fingerprint density at radius 1 is 1.44 bits per heavy atom. The Labute approximate surface area is 109 Å². The first-order chi connectivity index (χ1) is 8.40. The van der Waals surface area contributed by atoms with Crippen LogP contribution in [0.25, 0.3) is 0 Å². The zero-order chi connectivity index (χ0) is 13.7. The van der Waals surface area contributed by atoms with Crippen molar-refractivity contribution in [1.29, 1.82) is 0 Å². The van der Waals surface area contributed by atoms with E-state index in [0.717, 1.165) is 16.8 Å².